The van der Waals surface area contributed by atoms with Gasteiger partial charge in [0.15, 0.2) is 5.69 Å². The third-order valence-corrected chi connectivity index (χ3v) is 2.20. The van der Waals surface area contributed by atoms with E-state index in [1.807, 2.05) is 0 Å². The van der Waals surface area contributed by atoms with Crippen molar-refractivity contribution < 1.29 is 19.4 Å². The molecule has 0 unspecified atom stereocenters. The minimum Gasteiger partial charge on any atom is -0.508 e. The lowest BCUT2D eigenvalue weighted by atomic mass is 10.0. The zero-order valence-electron chi connectivity index (χ0n) is 8.59. The number of hydrogen-bond acceptors (Lipinski definition) is 3. The molecule has 0 radical (unpaired) electrons. The van der Waals surface area contributed by atoms with Crippen LogP contribution in [0, 0.1) is 5.82 Å². The zero-order valence-corrected chi connectivity index (χ0v) is 8.59. The number of aromatic hydroxyl groups is 1. The van der Waals surface area contributed by atoms with Crippen LogP contribution in [-0.2, 0) is 0 Å². The topological polar surface area (TPSA) is 70.4 Å². The van der Waals surface area contributed by atoms with E-state index < -0.39 is 11.8 Å². The number of pyridine rings is 1. The molecule has 17 heavy (non-hydrogen) atoms. The van der Waals surface area contributed by atoms with E-state index in [0.29, 0.717) is 0 Å². The van der Waals surface area contributed by atoms with Gasteiger partial charge in [-0.3, -0.25) is 0 Å². The summed E-state index contributed by atoms with van der Waals surface area (Å²) in [4.78, 5) is 14.7. The summed E-state index contributed by atoms with van der Waals surface area (Å²) in [5.74, 6) is -2.11. The molecule has 0 aliphatic rings. The Hall–Kier alpha value is -2.43. The highest BCUT2D eigenvalue weighted by Gasteiger charge is 2.13. The summed E-state index contributed by atoms with van der Waals surface area (Å²) < 4.78 is 13.1. The third-order valence-electron chi connectivity index (χ3n) is 2.20. The molecule has 0 bridgehead atoms. The van der Waals surface area contributed by atoms with Crippen molar-refractivity contribution in [2.24, 2.45) is 0 Å². The fourth-order valence-corrected chi connectivity index (χ4v) is 1.54. The lowest BCUT2D eigenvalue weighted by molar-refractivity contribution is 0.0691. The fraction of sp³-hybridized carbons (Fsp3) is 0. The van der Waals surface area contributed by atoms with Crippen LogP contribution in [0.5, 0.6) is 5.75 Å². The summed E-state index contributed by atoms with van der Waals surface area (Å²) in [5, 5.41) is 18.2. The molecule has 1 aromatic heterocycles. The summed E-state index contributed by atoms with van der Waals surface area (Å²) in [7, 11) is 0. The van der Waals surface area contributed by atoms with Crippen molar-refractivity contribution in [3.8, 4) is 16.9 Å². The quantitative estimate of drug-likeness (QED) is 0.834. The molecule has 2 rings (SSSR count). The predicted molar refractivity (Wildman–Crippen MR) is 58.3 cm³/mol. The van der Waals surface area contributed by atoms with E-state index in [4.69, 9.17) is 5.11 Å². The Bertz CT molecular complexity index is 563. The third kappa shape index (κ3) is 2.23. The summed E-state index contributed by atoms with van der Waals surface area (Å²) in [6.07, 6.45) is 1.34. The molecule has 0 saturated carbocycles. The van der Waals surface area contributed by atoms with Crippen LogP contribution in [0.3, 0.4) is 0 Å². The number of hydrogen-bond donors (Lipinski definition) is 2. The molecule has 1 heterocycles. The first kappa shape index (κ1) is 11.1. The molecule has 0 amide bonds. The van der Waals surface area contributed by atoms with E-state index in [1.165, 1.54) is 18.3 Å². The number of carboxylic acid groups (broad SMARTS) is 1. The number of phenols is 1. The van der Waals surface area contributed by atoms with Gasteiger partial charge in [0.05, 0.1) is 0 Å². The second-order valence-electron chi connectivity index (χ2n) is 3.40. The Kier molecular flexibility index (Phi) is 2.74. The molecule has 0 fully saturated rings. The normalized spacial score (nSPS) is 10.2. The Morgan fingerprint density at radius 3 is 2.71 bits per heavy atom. The molecule has 5 heteroatoms. The SMILES string of the molecule is O=C(O)c1ncccc1-c1cc(O)cc(F)c1. The molecule has 2 aromatic rings. The maximum atomic E-state index is 13.1. The van der Waals surface area contributed by atoms with Crippen LogP contribution in [0.4, 0.5) is 4.39 Å². The van der Waals surface area contributed by atoms with Crippen molar-refractivity contribution in [2.45, 2.75) is 0 Å². The maximum absolute atomic E-state index is 13.1. The lowest BCUT2D eigenvalue weighted by Crippen LogP contribution is -2.02. The molecule has 1 aromatic carbocycles. The smallest absolute Gasteiger partial charge is 0.355 e. The first-order chi connectivity index (χ1) is 8.08. The molecule has 0 atom stereocenters. The minimum absolute atomic E-state index is 0.183. The standard InChI is InChI=1S/C12H8FNO3/c13-8-4-7(5-9(15)6-8)10-2-1-3-14-11(10)12(16)17/h1-6,15H,(H,16,17). The van der Waals surface area contributed by atoms with Gasteiger partial charge in [-0.05, 0) is 23.8 Å². The molecular formula is C12H8FNO3. The van der Waals surface area contributed by atoms with E-state index >= 15 is 0 Å². The number of rotatable bonds is 2. The van der Waals surface area contributed by atoms with Crippen LogP contribution >= 0.6 is 0 Å². The van der Waals surface area contributed by atoms with Crippen LogP contribution in [0.25, 0.3) is 11.1 Å². The van der Waals surface area contributed by atoms with Gasteiger partial charge in [-0.25, -0.2) is 14.2 Å². The second-order valence-corrected chi connectivity index (χ2v) is 3.40. The van der Waals surface area contributed by atoms with Crippen molar-refractivity contribution in [3.63, 3.8) is 0 Å². The number of nitrogens with zero attached hydrogens (tertiary/aromatic N) is 1. The Labute approximate surface area is 96.0 Å². The van der Waals surface area contributed by atoms with Gasteiger partial charge in [-0.2, -0.15) is 0 Å². The average molecular weight is 233 g/mol. The van der Waals surface area contributed by atoms with Crippen LogP contribution in [0.1, 0.15) is 10.5 Å². The minimum atomic E-state index is -1.20. The van der Waals surface area contributed by atoms with Gasteiger partial charge in [0.25, 0.3) is 0 Å². The van der Waals surface area contributed by atoms with Crippen molar-refractivity contribution in [1.82, 2.24) is 4.98 Å². The zero-order chi connectivity index (χ0) is 12.4. The van der Waals surface area contributed by atoms with Crippen molar-refractivity contribution in [2.75, 3.05) is 0 Å². The van der Waals surface area contributed by atoms with Crippen LogP contribution in [0.2, 0.25) is 0 Å². The summed E-state index contributed by atoms with van der Waals surface area (Å²) >= 11 is 0. The number of carbonyl (C=O) groups is 1. The number of aromatic carboxylic acids is 1. The van der Waals surface area contributed by atoms with Gasteiger partial charge in [0.2, 0.25) is 0 Å². The molecule has 0 aliphatic heterocycles. The summed E-state index contributed by atoms with van der Waals surface area (Å²) in [6, 6.07) is 6.42. The van der Waals surface area contributed by atoms with E-state index in [9.17, 15) is 14.3 Å². The van der Waals surface area contributed by atoms with Crippen LogP contribution in [-0.4, -0.2) is 21.2 Å². The van der Waals surface area contributed by atoms with E-state index in [0.717, 1.165) is 12.1 Å². The van der Waals surface area contributed by atoms with Gasteiger partial charge in [0, 0.05) is 17.8 Å². The van der Waals surface area contributed by atoms with Crippen molar-refractivity contribution in [1.29, 1.82) is 0 Å². The van der Waals surface area contributed by atoms with Gasteiger partial charge in [0.1, 0.15) is 11.6 Å². The highest BCUT2D eigenvalue weighted by atomic mass is 19.1. The number of halogens is 1. The van der Waals surface area contributed by atoms with Crippen LogP contribution < -0.4 is 0 Å². The number of carboxylic acids is 1. The van der Waals surface area contributed by atoms with Gasteiger partial charge >= 0.3 is 5.97 Å². The van der Waals surface area contributed by atoms with E-state index in [1.54, 1.807) is 6.07 Å². The first-order valence-electron chi connectivity index (χ1n) is 4.76. The first-order valence-corrected chi connectivity index (χ1v) is 4.76. The second kappa shape index (κ2) is 4.21. The fourth-order valence-electron chi connectivity index (χ4n) is 1.54. The molecule has 4 nitrogen and oxygen atoms in total. The Morgan fingerprint density at radius 1 is 1.29 bits per heavy atom. The van der Waals surface area contributed by atoms with Crippen molar-refractivity contribution in [3.05, 3.63) is 48.0 Å². The largest absolute Gasteiger partial charge is 0.508 e. The lowest BCUT2D eigenvalue weighted by Gasteiger charge is -2.05. The summed E-state index contributed by atoms with van der Waals surface area (Å²) in [6.45, 7) is 0. The molecule has 0 spiro atoms. The Balaban J connectivity index is 2.64. The van der Waals surface area contributed by atoms with Crippen LogP contribution in [0.15, 0.2) is 36.5 Å². The summed E-state index contributed by atoms with van der Waals surface area (Å²) in [5.41, 5.74) is 0.348. The predicted octanol–water partition coefficient (Wildman–Crippen LogP) is 2.29. The van der Waals surface area contributed by atoms with Gasteiger partial charge in [-0.15, -0.1) is 0 Å². The highest BCUT2D eigenvalue weighted by Crippen LogP contribution is 2.26. The monoisotopic (exact) mass is 233 g/mol. The van der Waals surface area contributed by atoms with E-state index in [-0.39, 0.29) is 22.6 Å². The van der Waals surface area contributed by atoms with Gasteiger partial charge < -0.3 is 10.2 Å². The number of aromatic nitrogens is 1. The average Bonchev–Trinajstić information content (AvgIpc) is 2.27. The molecule has 0 aliphatic carbocycles. The van der Waals surface area contributed by atoms with E-state index in [2.05, 4.69) is 4.98 Å². The number of phenolic OH excluding ortho intramolecular Hbond substituents is 1. The number of benzene rings is 1. The molecule has 0 saturated heterocycles. The molecule has 86 valence electrons. The Morgan fingerprint density at radius 2 is 2.06 bits per heavy atom. The highest BCUT2D eigenvalue weighted by molar-refractivity contribution is 5.93. The maximum Gasteiger partial charge on any atom is 0.355 e. The van der Waals surface area contributed by atoms with Crippen molar-refractivity contribution >= 4 is 5.97 Å². The van der Waals surface area contributed by atoms with Gasteiger partial charge in [-0.1, -0.05) is 6.07 Å². The molecular weight excluding hydrogens is 225 g/mol. The molecule has 2 N–H and O–H groups in total.